The Morgan fingerprint density at radius 1 is 1.23 bits per heavy atom. The number of carboxylic acid groups (broad SMARTS) is 1. The minimum Gasteiger partial charge on any atom is -0.465 e. The van der Waals surface area contributed by atoms with Gasteiger partial charge in [-0.3, -0.25) is 9.48 Å². The molecule has 3 rings (SSSR count). The number of piperidine rings is 1. The maximum atomic E-state index is 11.4. The van der Waals surface area contributed by atoms with Crippen molar-refractivity contribution in [2.75, 3.05) is 19.6 Å². The summed E-state index contributed by atoms with van der Waals surface area (Å²) in [5.74, 6) is 0.124. The fourth-order valence-corrected chi connectivity index (χ4v) is 3.82. The van der Waals surface area contributed by atoms with Gasteiger partial charge in [-0.2, -0.15) is 5.10 Å². The lowest BCUT2D eigenvalue weighted by Gasteiger charge is -2.33. The predicted octanol–water partition coefficient (Wildman–Crippen LogP) is 1.87. The first-order valence-electron chi connectivity index (χ1n) is 7.46. The molecule has 0 bridgehead atoms. The van der Waals surface area contributed by atoms with Crippen LogP contribution in [0.3, 0.4) is 0 Å². The van der Waals surface area contributed by atoms with Gasteiger partial charge in [0.15, 0.2) is 0 Å². The van der Waals surface area contributed by atoms with Gasteiger partial charge in [-0.05, 0) is 28.8 Å². The molecule has 2 amide bonds. The van der Waals surface area contributed by atoms with Gasteiger partial charge in [-0.1, -0.05) is 0 Å². The van der Waals surface area contributed by atoms with Crippen LogP contribution in [0.2, 0.25) is 0 Å². The molecule has 1 fully saturated rings. The number of rotatable bonds is 1. The zero-order valence-corrected chi connectivity index (χ0v) is 14.0. The lowest BCUT2D eigenvalue weighted by Crippen LogP contribution is -2.39. The molecule has 0 spiro atoms. The summed E-state index contributed by atoms with van der Waals surface area (Å²) in [6.07, 6.45) is 1.58. The molecule has 2 aliphatic heterocycles. The van der Waals surface area contributed by atoms with Crippen LogP contribution < -0.4 is 0 Å². The van der Waals surface area contributed by atoms with Crippen LogP contribution in [0.25, 0.3) is 0 Å². The molecular weight excluding hydrogens is 352 g/mol. The zero-order valence-electron chi connectivity index (χ0n) is 12.5. The summed E-state index contributed by atoms with van der Waals surface area (Å²) in [5, 5.41) is 13.7. The lowest BCUT2D eigenvalue weighted by molar-refractivity contribution is -0.130. The molecule has 0 unspecified atom stereocenters. The highest BCUT2D eigenvalue weighted by Crippen LogP contribution is 2.32. The topological polar surface area (TPSA) is 78.7 Å². The smallest absolute Gasteiger partial charge is 0.407 e. The van der Waals surface area contributed by atoms with Crippen LogP contribution in [-0.4, -0.2) is 56.3 Å². The number of amides is 2. The molecule has 1 aromatic rings. The van der Waals surface area contributed by atoms with Crippen LogP contribution in [0.5, 0.6) is 0 Å². The van der Waals surface area contributed by atoms with Crippen molar-refractivity contribution in [2.24, 2.45) is 0 Å². The maximum absolute atomic E-state index is 11.4. The van der Waals surface area contributed by atoms with Crippen LogP contribution in [0.4, 0.5) is 4.79 Å². The Kier molecular flexibility index (Phi) is 4.12. The minimum atomic E-state index is -0.889. The molecule has 0 aliphatic carbocycles. The van der Waals surface area contributed by atoms with Gasteiger partial charge in [0.25, 0.3) is 0 Å². The number of aromatic nitrogens is 2. The van der Waals surface area contributed by atoms with Crippen molar-refractivity contribution in [3.05, 3.63) is 15.9 Å². The standard InChI is InChI=1S/C14H19BrN4O3/c1-9(20)17-5-2-10(3-6-17)19-12-4-7-18(14(21)22)8-11(12)13(15)16-19/h10H,2-8H2,1H3,(H,21,22). The fourth-order valence-electron chi connectivity index (χ4n) is 3.30. The van der Waals surface area contributed by atoms with Crippen molar-refractivity contribution >= 4 is 27.9 Å². The Balaban J connectivity index is 1.78. The van der Waals surface area contributed by atoms with E-state index in [-0.39, 0.29) is 11.9 Å². The number of likely N-dealkylation sites (tertiary alicyclic amines) is 1. The molecule has 22 heavy (non-hydrogen) atoms. The van der Waals surface area contributed by atoms with Gasteiger partial charge in [0, 0.05) is 44.2 Å². The van der Waals surface area contributed by atoms with Crippen LogP contribution in [0.15, 0.2) is 4.60 Å². The van der Waals surface area contributed by atoms with Gasteiger partial charge in [0.1, 0.15) is 4.60 Å². The average Bonchev–Trinajstić information content (AvgIpc) is 2.84. The van der Waals surface area contributed by atoms with Crippen LogP contribution in [0.1, 0.15) is 37.1 Å². The number of carbonyl (C=O) groups excluding carboxylic acids is 1. The Hall–Kier alpha value is -1.57. The average molecular weight is 371 g/mol. The van der Waals surface area contributed by atoms with E-state index in [0.717, 1.165) is 41.8 Å². The molecule has 3 heterocycles. The quantitative estimate of drug-likeness (QED) is 0.818. The zero-order chi connectivity index (χ0) is 15.9. The number of fused-ring (bicyclic) bond motifs is 1. The van der Waals surface area contributed by atoms with Crippen LogP contribution in [-0.2, 0) is 17.8 Å². The molecule has 8 heteroatoms. The van der Waals surface area contributed by atoms with Gasteiger partial charge in [0.2, 0.25) is 5.91 Å². The Bertz CT molecular complexity index is 607. The Morgan fingerprint density at radius 2 is 1.91 bits per heavy atom. The number of carbonyl (C=O) groups is 2. The number of nitrogens with zero attached hydrogens (tertiary/aromatic N) is 4. The molecule has 120 valence electrons. The van der Waals surface area contributed by atoms with Crippen LogP contribution >= 0.6 is 15.9 Å². The molecule has 1 saturated heterocycles. The van der Waals surface area contributed by atoms with Gasteiger partial charge < -0.3 is 14.9 Å². The van der Waals surface area contributed by atoms with E-state index in [1.54, 1.807) is 6.92 Å². The van der Waals surface area contributed by atoms with Crippen LogP contribution in [0, 0.1) is 0 Å². The summed E-state index contributed by atoms with van der Waals surface area (Å²) in [7, 11) is 0. The van der Waals surface area contributed by atoms with E-state index in [4.69, 9.17) is 5.11 Å². The normalized spacial score (nSPS) is 19.2. The molecule has 0 atom stereocenters. The van der Waals surface area contributed by atoms with E-state index >= 15 is 0 Å². The monoisotopic (exact) mass is 370 g/mol. The van der Waals surface area contributed by atoms with Crippen molar-refractivity contribution in [2.45, 2.75) is 38.8 Å². The van der Waals surface area contributed by atoms with E-state index < -0.39 is 6.09 Å². The van der Waals surface area contributed by atoms with E-state index in [1.807, 2.05) is 4.90 Å². The molecule has 1 N–H and O–H groups in total. The van der Waals surface area contributed by atoms with E-state index in [2.05, 4.69) is 25.7 Å². The molecule has 0 radical (unpaired) electrons. The largest absolute Gasteiger partial charge is 0.465 e. The summed E-state index contributed by atoms with van der Waals surface area (Å²) in [6, 6.07) is 0.284. The molecule has 0 aromatic carbocycles. The number of hydrogen-bond donors (Lipinski definition) is 1. The SMILES string of the molecule is CC(=O)N1CCC(n2nc(Br)c3c2CCN(C(=O)O)C3)CC1. The number of hydrogen-bond acceptors (Lipinski definition) is 3. The fraction of sp³-hybridized carbons (Fsp3) is 0.643. The summed E-state index contributed by atoms with van der Waals surface area (Å²) in [6.45, 7) is 4.01. The van der Waals surface area contributed by atoms with E-state index in [0.29, 0.717) is 19.5 Å². The lowest BCUT2D eigenvalue weighted by atomic mass is 10.0. The van der Waals surface area contributed by atoms with Crippen molar-refractivity contribution in [3.8, 4) is 0 Å². The van der Waals surface area contributed by atoms with Gasteiger partial charge in [0.05, 0.1) is 12.6 Å². The molecule has 2 aliphatic rings. The summed E-state index contributed by atoms with van der Waals surface area (Å²) in [5.41, 5.74) is 2.10. The second kappa shape index (κ2) is 5.91. The number of halogens is 1. The highest BCUT2D eigenvalue weighted by molar-refractivity contribution is 9.10. The maximum Gasteiger partial charge on any atom is 0.407 e. The van der Waals surface area contributed by atoms with Crippen molar-refractivity contribution < 1.29 is 14.7 Å². The first kappa shape index (κ1) is 15.3. The van der Waals surface area contributed by atoms with Gasteiger partial charge in [-0.25, -0.2) is 4.79 Å². The third kappa shape index (κ3) is 2.71. The summed E-state index contributed by atoms with van der Waals surface area (Å²) < 4.78 is 2.79. The first-order valence-corrected chi connectivity index (χ1v) is 8.25. The van der Waals surface area contributed by atoms with Gasteiger partial charge in [-0.15, -0.1) is 0 Å². The Morgan fingerprint density at radius 3 is 2.50 bits per heavy atom. The van der Waals surface area contributed by atoms with Crippen molar-refractivity contribution in [1.29, 1.82) is 0 Å². The molecule has 1 aromatic heterocycles. The van der Waals surface area contributed by atoms with E-state index in [1.165, 1.54) is 4.90 Å². The highest BCUT2D eigenvalue weighted by atomic mass is 79.9. The third-order valence-electron chi connectivity index (χ3n) is 4.56. The van der Waals surface area contributed by atoms with Gasteiger partial charge >= 0.3 is 6.09 Å². The van der Waals surface area contributed by atoms with E-state index in [9.17, 15) is 9.59 Å². The molecule has 0 saturated carbocycles. The second-order valence-corrected chi connectivity index (χ2v) is 6.60. The minimum absolute atomic E-state index is 0.124. The third-order valence-corrected chi connectivity index (χ3v) is 5.20. The predicted molar refractivity (Wildman–Crippen MR) is 82.6 cm³/mol. The van der Waals surface area contributed by atoms with Crippen molar-refractivity contribution in [3.63, 3.8) is 0 Å². The Labute approximate surface area is 137 Å². The second-order valence-electron chi connectivity index (χ2n) is 5.85. The van der Waals surface area contributed by atoms with Crippen molar-refractivity contribution in [1.82, 2.24) is 19.6 Å². The summed E-state index contributed by atoms with van der Waals surface area (Å²) >= 11 is 3.47. The first-order chi connectivity index (χ1) is 10.5. The molecule has 7 nitrogen and oxygen atoms in total. The molecular formula is C14H19BrN4O3. The summed E-state index contributed by atoms with van der Waals surface area (Å²) in [4.78, 5) is 25.8. The highest BCUT2D eigenvalue weighted by Gasteiger charge is 2.30.